The van der Waals surface area contributed by atoms with E-state index >= 15 is 0 Å². The van der Waals surface area contributed by atoms with Gasteiger partial charge in [0.25, 0.3) is 5.91 Å². The fourth-order valence-electron chi connectivity index (χ4n) is 3.93. The smallest absolute Gasteiger partial charge is 0.272 e. The largest absolute Gasteiger partial charge is 0.364 e. The molecule has 152 valence electrons. The van der Waals surface area contributed by atoms with Crippen LogP contribution in [0.2, 0.25) is 0 Å². The van der Waals surface area contributed by atoms with E-state index in [0.717, 1.165) is 36.2 Å². The maximum Gasteiger partial charge on any atom is 0.272 e. The first kappa shape index (κ1) is 19.3. The minimum atomic E-state index is -0.328. The van der Waals surface area contributed by atoms with Crippen LogP contribution in [0.15, 0.2) is 41.1 Å². The Morgan fingerprint density at radius 1 is 1.38 bits per heavy atom. The Morgan fingerprint density at radius 2 is 2.21 bits per heavy atom. The lowest BCUT2D eigenvalue weighted by atomic mass is 9.90. The second kappa shape index (κ2) is 8.16. The van der Waals surface area contributed by atoms with Gasteiger partial charge >= 0.3 is 0 Å². The number of benzene rings is 1. The van der Waals surface area contributed by atoms with E-state index in [2.05, 4.69) is 27.5 Å². The van der Waals surface area contributed by atoms with Crippen LogP contribution in [0.1, 0.15) is 39.4 Å². The molecule has 0 unspecified atom stereocenters. The van der Waals surface area contributed by atoms with Crippen molar-refractivity contribution in [3.8, 4) is 0 Å². The van der Waals surface area contributed by atoms with Crippen molar-refractivity contribution in [2.24, 2.45) is 7.05 Å². The molecule has 0 spiro atoms. The molecule has 7 nitrogen and oxygen atoms in total. The molecule has 1 amide bonds. The third-order valence-corrected chi connectivity index (χ3v) is 5.57. The van der Waals surface area contributed by atoms with Crippen molar-refractivity contribution >= 4 is 5.91 Å². The number of carbonyl (C=O) groups excluding carboxylic acids is 1. The molecule has 8 heteroatoms. The predicted molar refractivity (Wildman–Crippen MR) is 105 cm³/mol. The molecule has 0 saturated heterocycles. The quantitative estimate of drug-likeness (QED) is 0.692. The summed E-state index contributed by atoms with van der Waals surface area (Å²) in [5.74, 6) is -0.602. The number of fused-ring (bicyclic) bond motifs is 1. The van der Waals surface area contributed by atoms with Crippen LogP contribution in [0, 0.1) is 5.82 Å². The van der Waals surface area contributed by atoms with E-state index in [4.69, 9.17) is 4.52 Å². The molecule has 1 aliphatic rings. The number of carbonyl (C=O) groups is 1. The van der Waals surface area contributed by atoms with Gasteiger partial charge in [-0.3, -0.25) is 14.4 Å². The number of hydrogen-bond acceptors (Lipinski definition) is 5. The monoisotopic (exact) mass is 397 g/mol. The van der Waals surface area contributed by atoms with Gasteiger partial charge in [0, 0.05) is 49.1 Å². The van der Waals surface area contributed by atoms with Gasteiger partial charge in [-0.25, -0.2) is 4.39 Å². The number of aryl methyl sites for hydroxylation is 1. The molecule has 2 aromatic heterocycles. The first-order chi connectivity index (χ1) is 14.0. The highest BCUT2D eigenvalue weighted by molar-refractivity contribution is 5.94. The molecular weight excluding hydrogens is 373 g/mol. The van der Waals surface area contributed by atoms with Gasteiger partial charge in [0.2, 0.25) is 0 Å². The number of likely N-dealkylation sites (N-methyl/N-ethyl adjacent to an activating group) is 1. The number of nitrogens with zero attached hydrogens (tertiary/aromatic N) is 4. The van der Waals surface area contributed by atoms with Crippen molar-refractivity contribution < 1.29 is 13.7 Å². The highest BCUT2D eigenvalue weighted by Gasteiger charge is 2.30. The Hall–Kier alpha value is -3.00. The molecule has 0 radical (unpaired) electrons. The van der Waals surface area contributed by atoms with Crippen LogP contribution >= 0.6 is 0 Å². The summed E-state index contributed by atoms with van der Waals surface area (Å²) in [6, 6.07) is 8.57. The van der Waals surface area contributed by atoms with Crippen LogP contribution in [0.4, 0.5) is 4.39 Å². The highest BCUT2D eigenvalue weighted by Crippen LogP contribution is 2.27. The SMILES string of the molecule is CN(Cc1ccon1)[C@@H]1CCc2c(c(C(=O)NCc3ccccc3F)nn2C)C1. The fraction of sp³-hybridized carbons (Fsp3) is 0.381. The molecule has 4 rings (SSSR count). The molecule has 0 bridgehead atoms. The summed E-state index contributed by atoms with van der Waals surface area (Å²) >= 11 is 0. The van der Waals surface area contributed by atoms with Crippen LogP contribution in [0.25, 0.3) is 0 Å². The molecule has 1 aliphatic carbocycles. The van der Waals surface area contributed by atoms with Crippen molar-refractivity contribution in [2.45, 2.75) is 38.4 Å². The average Bonchev–Trinajstić information content (AvgIpc) is 3.35. The number of amides is 1. The third-order valence-electron chi connectivity index (χ3n) is 5.57. The number of aromatic nitrogens is 3. The molecule has 2 heterocycles. The Bertz CT molecular complexity index is 999. The standard InChI is InChI=1S/C21H24FN5O2/c1-26(13-15-9-10-29-25-15)16-7-8-19-17(11-16)20(24-27(19)2)21(28)23-12-14-5-3-4-6-18(14)22/h3-6,9-10,16H,7-8,11-13H2,1-2H3,(H,23,28)/t16-/m1/s1. The van der Waals surface area contributed by atoms with Gasteiger partial charge in [-0.15, -0.1) is 0 Å². The van der Waals surface area contributed by atoms with Gasteiger partial charge in [-0.2, -0.15) is 5.10 Å². The number of nitrogens with one attached hydrogen (secondary N) is 1. The summed E-state index contributed by atoms with van der Waals surface area (Å²) in [6.45, 7) is 0.817. The van der Waals surface area contributed by atoms with Crippen molar-refractivity contribution in [1.82, 2.24) is 25.2 Å². The Morgan fingerprint density at radius 3 is 2.97 bits per heavy atom. The molecule has 3 aromatic rings. The van der Waals surface area contributed by atoms with Crippen LogP contribution in [0.5, 0.6) is 0 Å². The van der Waals surface area contributed by atoms with Crippen LogP contribution < -0.4 is 5.32 Å². The van der Waals surface area contributed by atoms with E-state index in [-0.39, 0.29) is 24.3 Å². The number of halogens is 1. The zero-order valence-corrected chi connectivity index (χ0v) is 16.6. The zero-order valence-electron chi connectivity index (χ0n) is 16.6. The minimum Gasteiger partial charge on any atom is -0.364 e. The number of rotatable bonds is 6. The van der Waals surface area contributed by atoms with E-state index in [1.807, 2.05) is 13.1 Å². The Labute approximate surface area is 168 Å². The van der Waals surface area contributed by atoms with Gasteiger partial charge in [0.05, 0.1) is 5.69 Å². The van der Waals surface area contributed by atoms with Crippen molar-refractivity contribution in [1.29, 1.82) is 0 Å². The fourth-order valence-corrected chi connectivity index (χ4v) is 3.93. The van der Waals surface area contributed by atoms with Gasteiger partial charge in [-0.05, 0) is 32.4 Å². The maximum absolute atomic E-state index is 13.8. The van der Waals surface area contributed by atoms with Crippen molar-refractivity contribution in [2.75, 3.05) is 7.05 Å². The van der Waals surface area contributed by atoms with E-state index < -0.39 is 0 Å². The minimum absolute atomic E-state index is 0.131. The summed E-state index contributed by atoms with van der Waals surface area (Å²) < 4.78 is 20.5. The molecule has 1 aromatic carbocycles. The first-order valence-corrected chi connectivity index (χ1v) is 9.68. The normalized spacial score (nSPS) is 16.1. The second-order valence-corrected chi connectivity index (χ2v) is 7.47. The first-order valence-electron chi connectivity index (χ1n) is 9.68. The van der Waals surface area contributed by atoms with Gasteiger partial charge in [-0.1, -0.05) is 23.4 Å². The van der Waals surface area contributed by atoms with Crippen molar-refractivity contribution in [3.05, 3.63) is 70.6 Å². The van der Waals surface area contributed by atoms with Crippen LogP contribution in [-0.4, -0.2) is 38.8 Å². The van der Waals surface area contributed by atoms with Gasteiger partial charge < -0.3 is 9.84 Å². The predicted octanol–water partition coefficient (Wildman–Crippen LogP) is 2.47. The Kier molecular flexibility index (Phi) is 5.44. The van der Waals surface area contributed by atoms with Gasteiger partial charge in [0.1, 0.15) is 12.1 Å². The summed E-state index contributed by atoms with van der Waals surface area (Å²) in [5.41, 5.74) is 3.83. The van der Waals surface area contributed by atoms with Gasteiger partial charge in [0.15, 0.2) is 5.69 Å². The second-order valence-electron chi connectivity index (χ2n) is 7.47. The molecular formula is C21H24FN5O2. The zero-order chi connectivity index (χ0) is 20.4. The van der Waals surface area contributed by atoms with Crippen LogP contribution in [0.3, 0.4) is 0 Å². The van der Waals surface area contributed by atoms with E-state index in [0.29, 0.717) is 17.8 Å². The maximum atomic E-state index is 13.8. The van der Waals surface area contributed by atoms with Crippen LogP contribution in [-0.2, 0) is 33.0 Å². The molecule has 29 heavy (non-hydrogen) atoms. The molecule has 0 saturated carbocycles. The topological polar surface area (TPSA) is 76.2 Å². The lowest BCUT2D eigenvalue weighted by molar-refractivity contribution is 0.0943. The lowest BCUT2D eigenvalue weighted by Gasteiger charge is -2.31. The summed E-state index contributed by atoms with van der Waals surface area (Å²) in [6.07, 6.45) is 4.14. The molecule has 1 N–H and O–H groups in total. The van der Waals surface area contributed by atoms with E-state index in [9.17, 15) is 9.18 Å². The molecule has 0 aliphatic heterocycles. The average molecular weight is 397 g/mol. The summed E-state index contributed by atoms with van der Waals surface area (Å²) in [4.78, 5) is 15.0. The summed E-state index contributed by atoms with van der Waals surface area (Å²) in [5, 5.41) is 11.2. The van der Waals surface area contributed by atoms with E-state index in [1.54, 1.807) is 29.1 Å². The summed E-state index contributed by atoms with van der Waals surface area (Å²) in [7, 11) is 3.92. The van der Waals surface area contributed by atoms with Crippen molar-refractivity contribution in [3.63, 3.8) is 0 Å². The molecule has 0 fully saturated rings. The third kappa shape index (κ3) is 4.07. The number of hydrogen-bond donors (Lipinski definition) is 1. The van der Waals surface area contributed by atoms with E-state index in [1.165, 1.54) is 6.07 Å². The highest BCUT2D eigenvalue weighted by atomic mass is 19.1. The lowest BCUT2D eigenvalue weighted by Crippen LogP contribution is -2.37. The molecule has 1 atom stereocenters. The Balaban J connectivity index is 1.47.